The summed E-state index contributed by atoms with van der Waals surface area (Å²) >= 11 is 6.08. The minimum atomic E-state index is -0.360. The third-order valence-corrected chi connectivity index (χ3v) is 5.06. The maximum absolute atomic E-state index is 11.6. The zero-order valence-electron chi connectivity index (χ0n) is 14.1. The lowest BCUT2D eigenvalue weighted by atomic mass is 9.79. The first kappa shape index (κ1) is 17.0. The van der Waals surface area contributed by atoms with Crippen LogP contribution in [0.1, 0.15) is 25.8 Å². The van der Waals surface area contributed by atoms with Crippen molar-refractivity contribution in [2.75, 3.05) is 18.4 Å². The molecule has 2 heterocycles. The van der Waals surface area contributed by atoms with Crippen molar-refractivity contribution in [3.8, 4) is 0 Å². The maximum atomic E-state index is 11.6. The quantitative estimate of drug-likeness (QED) is 0.892. The molecule has 2 aromatic rings. The standard InChI is InChI=1S/C18H23ClN4O/c1-18(2)12-23(11-13-6-4-3-5-7-13)9-8-15(18)21-14-10-20-22-17(24)16(14)19/h3-7,10,15H,8-9,11-12H2,1-2H3,(H2,21,22,24). The van der Waals surface area contributed by atoms with Crippen LogP contribution >= 0.6 is 11.6 Å². The fourth-order valence-corrected chi connectivity index (χ4v) is 3.53. The average Bonchev–Trinajstić information content (AvgIpc) is 2.54. The number of halogens is 1. The molecule has 0 bridgehead atoms. The van der Waals surface area contributed by atoms with Gasteiger partial charge in [-0.25, -0.2) is 5.10 Å². The summed E-state index contributed by atoms with van der Waals surface area (Å²) in [5.41, 5.74) is 1.64. The highest BCUT2D eigenvalue weighted by molar-refractivity contribution is 6.32. The van der Waals surface area contributed by atoms with Gasteiger partial charge in [0.25, 0.3) is 5.56 Å². The van der Waals surface area contributed by atoms with E-state index in [1.165, 1.54) is 5.56 Å². The van der Waals surface area contributed by atoms with Gasteiger partial charge in [-0.3, -0.25) is 9.69 Å². The number of nitrogens with one attached hydrogen (secondary N) is 2. The Labute approximate surface area is 147 Å². The van der Waals surface area contributed by atoms with Crippen molar-refractivity contribution >= 4 is 17.3 Å². The minimum Gasteiger partial charge on any atom is -0.379 e. The number of rotatable bonds is 4. The first-order valence-electron chi connectivity index (χ1n) is 8.22. The number of hydrogen-bond donors (Lipinski definition) is 2. The van der Waals surface area contributed by atoms with Gasteiger partial charge < -0.3 is 5.32 Å². The van der Waals surface area contributed by atoms with E-state index in [9.17, 15) is 4.79 Å². The molecule has 1 aliphatic heterocycles. The fraction of sp³-hybridized carbons (Fsp3) is 0.444. The molecule has 3 rings (SSSR count). The van der Waals surface area contributed by atoms with Crippen molar-refractivity contribution in [2.24, 2.45) is 5.41 Å². The molecule has 1 unspecified atom stereocenters. The number of likely N-dealkylation sites (tertiary alicyclic amines) is 1. The molecule has 0 saturated carbocycles. The second kappa shape index (κ2) is 6.95. The predicted octanol–water partition coefficient (Wildman–Crippen LogP) is 3.14. The zero-order valence-corrected chi connectivity index (χ0v) is 14.8. The summed E-state index contributed by atoms with van der Waals surface area (Å²) in [6, 6.07) is 10.8. The van der Waals surface area contributed by atoms with Gasteiger partial charge in [0, 0.05) is 25.7 Å². The molecule has 0 amide bonds. The summed E-state index contributed by atoms with van der Waals surface area (Å²) in [5, 5.41) is 9.78. The Bertz CT molecular complexity index is 744. The van der Waals surface area contributed by atoms with E-state index in [4.69, 9.17) is 11.6 Å². The highest BCUT2D eigenvalue weighted by Gasteiger charge is 2.36. The molecule has 1 atom stereocenters. The predicted molar refractivity (Wildman–Crippen MR) is 97.4 cm³/mol. The Kier molecular flexibility index (Phi) is 4.92. The molecule has 0 radical (unpaired) electrons. The molecule has 1 aliphatic rings. The normalized spacial score (nSPS) is 20.7. The third kappa shape index (κ3) is 3.79. The SMILES string of the molecule is CC1(C)CN(Cc2ccccc2)CCC1Nc1cn[nH]c(=O)c1Cl. The first-order valence-corrected chi connectivity index (χ1v) is 8.59. The van der Waals surface area contributed by atoms with Gasteiger partial charge in [0.15, 0.2) is 0 Å². The number of benzene rings is 1. The smallest absolute Gasteiger partial charge is 0.285 e. The summed E-state index contributed by atoms with van der Waals surface area (Å²) < 4.78 is 0. The topological polar surface area (TPSA) is 61.0 Å². The minimum absolute atomic E-state index is 0.0545. The molecule has 1 fully saturated rings. The summed E-state index contributed by atoms with van der Waals surface area (Å²) in [6.07, 6.45) is 2.57. The van der Waals surface area contributed by atoms with Crippen LogP contribution in [0, 0.1) is 5.41 Å². The lowest BCUT2D eigenvalue weighted by Gasteiger charge is -2.45. The average molecular weight is 347 g/mol. The highest BCUT2D eigenvalue weighted by atomic mass is 35.5. The summed E-state index contributed by atoms with van der Waals surface area (Å²) in [4.78, 5) is 14.1. The number of piperidine rings is 1. The van der Waals surface area contributed by atoms with Crippen LogP contribution in [-0.4, -0.2) is 34.2 Å². The summed E-state index contributed by atoms with van der Waals surface area (Å²) in [5.74, 6) is 0. The van der Waals surface area contributed by atoms with Crippen molar-refractivity contribution in [3.05, 3.63) is 57.5 Å². The van der Waals surface area contributed by atoms with Gasteiger partial charge in [-0.2, -0.15) is 5.10 Å². The van der Waals surface area contributed by atoms with E-state index >= 15 is 0 Å². The Morgan fingerprint density at radius 3 is 2.83 bits per heavy atom. The number of H-pyrrole nitrogens is 1. The van der Waals surface area contributed by atoms with Crippen LogP contribution in [0.15, 0.2) is 41.3 Å². The van der Waals surface area contributed by atoms with Gasteiger partial charge in [0.1, 0.15) is 5.02 Å². The largest absolute Gasteiger partial charge is 0.379 e. The van der Waals surface area contributed by atoms with Crippen molar-refractivity contribution in [1.29, 1.82) is 0 Å². The molecule has 128 valence electrons. The highest BCUT2D eigenvalue weighted by Crippen LogP contribution is 2.33. The molecule has 2 N–H and O–H groups in total. The number of nitrogens with zero attached hydrogens (tertiary/aromatic N) is 2. The Morgan fingerprint density at radius 2 is 2.12 bits per heavy atom. The van der Waals surface area contributed by atoms with E-state index in [2.05, 4.69) is 58.5 Å². The Hall–Kier alpha value is -1.85. The fourth-order valence-electron chi connectivity index (χ4n) is 3.38. The summed E-state index contributed by atoms with van der Waals surface area (Å²) in [6.45, 7) is 7.44. The van der Waals surface area contributed by atoms with Crippen molar-refractivity contribution in [1.82, 2.24) is 15.1 Å². The summed E-state index contributed by atoms with van der Waals surface area (Å²) in [7, 11) is 0. The molecular formula is C18H23ClN4O. The van der Waals surface area contributed by atoms with E-state index in [1.54, 1.807) is 6.20 Å². The van der Waals surface area contributed by atoms with E-state index in [0.717, 1.165) is 26.1 Å². The molecule has 1 aromatic carbocycles. The van der Waals surface area contributed by atoms with Crippen LogP contribution in [0.5, 0.6) is 0 Å². The van der Waals surface area contributed by atoms with Crippen LogP contribution in [0.4, 0.5) is 5.69 Å². The monoisotopic (exact) mass is 346 g/mol. The van der Waals surface area contributed by atoms with Gasteiger partial charge in [-0.15, -0.1) is 0 Å². The zero-order chi connectivity index (χ0) is 17.2. The molecule has 5 nitrogen and oxygen atoms in total. The van der Waals surface area contributed by atoms with Crippen molar-refractivity contribution in [2.45, 2.75) is 32.9 Å². The molecular weight excluding hydrogens is 324 g/mol. The van der Waals surface area contributed by atoms with Crippen LogP contribution in [0.3, 0.4) is 0 Å². The lowest BCUT2D eigenvalue weighted by Crippen LogP contribution is -2.51. The lowest BCUT2D eigenvalue weighted by molar-refractivity contribution is 0.0978. The van der Waals surface area contributed by atoms with Crippen LogP contribution < -0.4 is 10.9 Å². The third-order valence-electron chi connectivity index (χ3n) is 4.68. The second-order valence-corrected chi connectivity index (χ2v) is 7.48. The van der Waals surface area contributed by atoms with Crippen molar-refractivity contribution < 1.29 is 0 Å². The number of hydrogen-bond acceptors (Lipinski definition) is 4. The van der Waals surface area contributed by atoms with E-state index in [1.807, 2.05) is 6.07 Å². The van der Waals surface area contributed by atoms with Gasteiger partial charge >= 0.3 is 0 Å². The van der Waals surface area contributed by atoms with Crippen LogP contribution in [0.2, 0.25) is 5.02 Å². The van der Waals surface area contributed by atoms with Crippen LogP contribution in [-0.2, 0) is 6.54 Å². The number of aromatic amines is 1. The molecule has 0 spiro atoms. The maximum Gasteiger partial charge on any atom is 0.285 e. The number of anilines is 1. The molecule has 1 aromatic heterocycles. The van der Waals surface area contributed by atoms with E-state index in [-0.39, 0.29) is 22.0 Å². The number of aromatic nitrogens is 2. The second-order valence-electron chi connectivity index (χ2n) is 7.10. The van der Waals surface area contributed by atoms with Crippen LogP contribution in [0.25, 0.3) is 0 Å². The van der Waals surface area contributed by atoms with Gasteiger partial charge in [0.2, 0.25) is 0 Å². The van der Waals surface area contributed by atoms with E-state index in [0.29, 0.717) is 5.69 Å². The molecule has 24 heavy (non-hydrogen) atoms. The first-order chi connectivity index (χ1) is 11.5. The van der Waals surface area contributed by atoms with Gasteiger partial charge in [0.05, 0.1) is 11.9 Å². The van der Waals surface area contributed by atoms with E-state index < -0.39 is 0 Å². The Morgan fingerprint density at radius 1 is 1.38 bits per heavy atom. The Balaban J connectivity index is 1.68. The van der Waals surface area contributed by atoms with Gasteiger partial charge in [-0.1, -0.05) is 55.8 Å². The molecule has 0 aliphatic carbocycles. The molecule has 6 heteroatoms. The van der Waals surface area contributed by atoms with Crippen molar-refractivity contribution in [3.63, 3.8) is 0 Å². The van der Waals surface area contributed by atoms with Gasteiger partial charge in [-0.05, 0) is 17.4 Å². The molecule has 1 saturated heterocycles.